The molecule has 1 aliphatic carbocycles. The first-order valence-corrected chi connectivity index (χ1v) is 5.87. The van der Waals surface area contributed by atoms with Crippen molar-refractivity contribution in [2.24, 2.45) is 5.92 Å². The number of rotatable bonds is 2. The number of hydrogen-bond acceptors (Lipinski definition) is 7. The minimum atomic E-state index is -0.250. The second-order valence-corrected chi connectivity index (χ2v) is 4.63. The summed E-state index contributed by atoms with van der Waals surface area (Å²) in [6.45, 7) is 0.186. The molecule has 96 valence electrons. The van der Waals surface area contributed by atoms with Gasteiger partial charge in [0.15, 0.2) is 11.2 Å². The monoisotopic (exact) mass is 250 g/mol. The lowest BCUT2D eigenvalue weighted by molar-refractivity contribution is 0.225. The smallest absolute Gasteiger partial charge is 0.246 e. The van der Waals surface area contributed by atoms with Crippen LogP contribution in [0.4, 0.5) is 5.95 Å². The number of aliphatic hydroxyl groups excluding tert-OH is 1. The number of fused-ring (bicyclic) bond motifs is 1. The van der Waals surface area contributed by atoms with E-state index in [0.29, 0.717) is 11.6 Å². The van der Waals surface area contributed by atoms with Crippen LogP contribution in [0.25, 0.3) is 11.2 Å². The van der Waals surface area contributed by atoms with Gasteiger partial charge in [-0.15, -0.1) is 5.10 Å². The predicted molar refractivity (Wildman–Crippen MR) is 62.7 cm³/mol. The molecule has 1 aliphatic rings. The molecule has 0 aliphatic heterocycles. The first-order valence-electron chi connectivity index (χ1n) is 5.87. The molecule has 0 bridgehead atoms. The van der Waals surface area contributed by atoms with E-state index < -0.39 is 0 Å². The molecular formula is C10H14N6O2. The fraction of sp³-hybridized carbons (Fsp3) is 0.600. The molecule has 18 heavy (non-hydrogen) atoms. The van der Waals surface area contributed by atoms with Crippen molar-refractivity contribution in [3.8, 4) is 5.88 Å². The van der Waals surface area contributed by atoms with Gasteiger partial charge in [0, 0.05) is 6.61 Å². The lowest BCUT2D eigenvalue weighted by Gasteiger charge is -2.10. The zero-order chi connectivity index (χ0) is 12.7. The third kappa shape index (κ3) is 1.65. The second kappa shape index (κ2) is 4.05. The van der Waals surface area contributed by atoms with Gasteiger partial charge in [-0.2, -0.15) is 9.97 Å². The summed E-state index contributed by atoms with van der Waals surface area (Å²) in [4.78, 5) is 7.71. The van der Waals surface area contributed by atoms with Crippen LogP contribution in [0, 0.1) is 5.92 Å². The van der Waals surface area contributed by atoms with Crippen molar-refractivity contribution in [2.75, 3.05) is 12.3 Å². The van der Waals surface area contributed by atoms with Gasteiger partial charge in [0.05, 0.1) is 6.04 Å². The maximum absolute atomic E-state index is 9.62. The fourth-order valence-electron chi connectivity index (χ4n) is 2.51. The van der Waals surface area contributed by atoms with Crippen LogP contribution in [0.15, 0.2) is 0 Å². The van der Waals surface area contributed by atoms with E-state index in [1.807, 2.05) is 0 Å². The molecule has 2 heterocycles. The van der Waals surface area contributed by atoms with Crippen LogP contribution in [-0.2, 0) is 0 Å². The van der Waals surface area contributed by atoms with Gasteiger partial charge in [-0.1, -0.05) is 5.21 Å². The molecule has 1 saturated carbocycles. The molecule has 8 heteroatoms. The number of aromatic nitrogens is 5. The number of aliphatic hydroxyl groups is 1. The number of nitrogens with two attached hydrogens (primary N) is 1. The largest absolute Gasteiger partial charge is 0.492 e. The second-order valence-electron chi connectivity index (χ2n) is 4.63. The van der Waals surface area contributed by atoms with Gasteiger partial charge in [0.1, 0.15) is 0 Å². The summed E-state index contributed by atoms with van der Waals surface area (Å²) in [5, 5.41) is 26.7. The molecule has 0 unspecified atom stereocenters. The van der Waals surface area contributed by atoms with Gasteiger partial charge < -0.3 is 15.9 Å². The summed E-state index contributed by atoms with van der Waals surface area (Å²) in [5.41, 5.74) is 6.22. The van der Waals surface area contributed by atoms with Crippen LogP contribution in [-0.4, -0.2) is 41.8 Å². The highest BCUT2D eigenvalue weighted by molar-refractivity contribution is 5.76. The lowest BCUT2D eigenvalue weighted by Crippen LogP contribution is -2.10. The molecule has 0 spiro atoms. The molecular weight excluding hydrogens is 236 g/mol. The SMILES string of the molecule is Nc1nc(O)c2nnn([C@H]3CC[C@@H](CO)C3)c2n1. The van der Waals surface area contributed by atoms with Crippen molar-refractivity contribution < 1.29 is 10.2 Å². The third-order valence-corrected chi connectivity index (χ3v) is 3.44. The maximum Gasteiger partial charge on any atom is 0.246 e. The van der Waals surface area contributed by atoms with Crippen molar-refractivity contribution in [3.63, 3.8) is 0 Å². The Morgan fingerprint density at radius 1 is 1.33 bits per heavy atom. The summed E-state index contributed by atoms with van der Waals surface area (Å²) in [5.74, 6) is 0.0442. The Balaban J connectivity index is 2.03. The van der Waals surface area contributed by atoms with Crippen molar-refractivity contribution in [2.45, 2.75) is 25.3 Å². The molecule has 2 atom stereocenters. The summed E-state index contributed by atoms with van der Waals surface area (Å²) >= 11 is 0. The highest BCUT2D eigenvalue weighted by Gasteiger charge is 2.28. The normalized spacial score (nSPS) is 23.8. The molecule has 2 aromatic heterocycles. The number of anilines is 1. The molecule has 0 radical (unpaired) electrons. The van der Waals surface area contributed by atoms with E-state index in [2.05, 4.69) is 20.3 Å². The predicted octanol–water partition coefficient (Wildman–Crippen LogP) is -0.157. The van der Waals surface area contributed by atoms with Crippen LogP contribution in [0.2, 0.25) is 0 Å². The Bertz CT molecular complexity index is 583. The fourth-order valence-corrected chi connectivity index (χ4v) is 2.51. The standard InChI is InChI=1S/C10H14N6O2/c11-10-12-8-7(9(18)13-10)14-15-16(8)6-2-1-5(3-6)4-17/h5-6,17H,1-4H2,(H3,11,12,13,18)/t5-,6+/m1/s1. The van der Waals surface area contributed by atoms with E-state index in [-0.39, 0.29) is 30.0 Å². The highest BCUT2D eigenvalue weighted by Crippen LogP contribution is 2.35. The summed E-state index contributed by atoms with van der Waals surface area (Å²) in [7, 11) is 0. The Morgan fingerprint density at radius 2 is 2.17 bits per heavy atom. The van der Waals surface area contributed by atoms with Gasteiger partial charge >= 0.3 is 0 Å². The first kappa shape index (κ1) is 11.1. The number of hydrogen-bond donors (Lipinski definition) is 3. The van der Waals surface area contributed by atoms with Crippen LogP contribution in [0.1, 0.15) is 25.3 Å². The molecule has 8 nitrogen and oxygen atoms in total. The Kier molecular flexibility index (Phi) is 2.51. The van der Waals surface area contributed by atoms with E-state index in [0.717, 1.165) is 19.3 Å². The van der Waals surface area contributed by atoms with E-state index in [1.54, 1.807) is 4.68 Å². The summed E-state index contributed by atoms with van der Waals surface area (Å²) in [6, 6.07) is 0.140. The Labute approximate surface area is 102 Å². The van der Waals surface area contributed by atoms with Gasteiger partial charge in [0.2, 0.25) is 11.8 Å². The number of nitrogens with zero attached hydrogens (tertiary/aromatic N) is 5. The van der Waals surface area contributed by atoms with Gasteiger partial charge in [0.25, 0.3) is 0 Å². The van der Waals surface area contributed by atoms with Crippen molar-refractivity contribution in [1.82, 2.24) is 25.0 Å². The summed E-state index contributed by atoms with van der Waals surface area (Å²) < 4.78 is 1.67. The van der Waals surface area contributed by atoms with E-state index in [9.17, 15) is 5.11 Å². The van der Waals surface area contributed by atoms with Crippen LogP contribution in [0.5, 0.6) is 5.88 Å². The van der Waals surface area contributed by atoms with Crippen molar-refractivity contribution in [1.29, 1.82) is 0 Å². The first-order chi connectivity index (χ1) is 8.69. The molecule has 2 aromatic rings. The van der Waals surface area contributed by atoms with Gasteiger partial charge in [-0.25, -0.2) is 4.68 Å². The van der Waals surface area contributed by atoms with Crippen molar-refractivity contribution in [3.05, 3.63) is 0 Å². The maximum atomic E-state index is 9.62. The lowest BCUT2D eigenvalue weighted by atomic mass is 10.1. The van der Waals surface area contributed by atoms with Crippen molar-refractivity contribution >= 4 is 17.1 Å². The van der Waals surface area contributed by atoms with Crippen LogP contribution >= 0.6 is 0 Å². The quantitative estimate of drug-likeness (QED) is 0.676. The molecule has 0 aromatic carbocycles. The van der Waals surface area contributed by atoms with E-state index in [1.165, 1.54) is 0 Å². The zero-order valence-electron chi connectivity index (χ0n) is 9.69. The van der Waals surface area contributed by atoms with E-state index in [4.69, 9.17) is 10.8 Å². The average Bonchev–Trinajstić information content (AvgIpc) is 2.93. The average molecular weight is 250 g/mol. The topological polar surface area (TPSA) is 123 Å². The molecule has 3 rings (SSSR count). The van der Waals surface area contributed by atoms with E-state index >= 15 is 0 Å². The Hall–Kier alpha value is -1.96. The Morgan fingerprint density at radius 3 is 2.89 bits per heavy atom. The highest BCUT2D eigenvalue weighted by atomic mass is 16.3. The third-order valence-electron chi connectivity index (χ3n) is 3.44. The van der Waals surface area contributed by atoms with Crippen LogP contribution < -0.4 is 5.73 Å². The number of aromatic hydroxyl groups is 1. The molecule has 0 amide bonds. The summed E-state index contributed by atoms with van der Waals surface area (Å²) in [6.07, 6.45) is 2.70. The molecule has 4 N–H and O–H groups in total. The molecule has 0 saturated heterocycles. The minimum Gasteiger partial charge on any atom is -0.492 e. The molecule has 1 fully saturated rings. The van der Waals surface area contributed by atoms with Crippen LogP contribution in [0.3, 0.4) is 0 Å². The van der Waals surface area contributed by atoms with Gasteiger partial charge in [-0.05, 0) is 25.2 Å². The minimum absolute atomic E-state index is 0.000236. The van der Waals surface area contributed by atoms with Gasteiger partial charge in [-0.3, -0.25) is 0 Å². The number of nitrogen functional groups attached to an aromatic ring is 1. The zero-order valence-corrected chi connectivity index (χ0v) is 9.69.